The molecule has 2 aliphatic rings. The van der Waals surface area contributed by atoms with E-state index in [4.69, 9.17) is 9.47 Å². The van der Waals surface area contributed by atoms with E-state index in [1.807, 2.05) is 29.2 Å². The molecule has 0 spiro atoms. The van der Waals surface area contributed by atoms with E-state index in [-0.39, 0.29) is 17.9 Å². The van der Waals surface area contributed by atoms with Crippen molar-refractivity contribution in [2.45, 2.75) is 50.7 Å². The van der Waals surface area contributed by atoms with Gasteiger partial charge in [0, 0.05) is 25.4 Å². The van der Waals surface area contributed by atoms with E-state index >= 15 is 0 Å². The minimum Gasteiger partial charge on any atom is -0.493 e. The zero-order valence-corrected chi connectivity index (χ0v) is 15.9. The molecular formula is C23H27NO3. The van der Waals surface area contributed by atoms with Crippen LogP contribution in [0.25, 0.3) is 0 Å². The van der Waals surface area contributed by atoms with Crippen molar-refractivity contribution in [2.75, 3.05) is 13.7 Å². The van der Waals surface area contributed by atoms with Gasteiger partial charge < -0.3 is 14.4 Å². The molecule has 4 nitrogen and oxygen atoms in total. The third-order valence-electron chi connectivity index (χ3n) is 5.69. The van der Waals surface area contributed by atoms with Crippen molar-refractivity contribution in [2.24, 2.45) is 0 Å². The topological polar surface area (TPSA) is 38.8 Å². The summed E-state index contributed by atoms with van der Waals surface area (Å²) in [6.45, 7) is 1.43. The highest BCUT2D eigenvalue weighted by Gasteiger charge is 2.31. The third kappa shape index (κ3) is 4.10. The van der Waals surface area contributed by atoms with Gasteiger partial charge >= 0.3 is 0 Å². The maximum atomic E-state index is 12.5. The van der Waals surface area contributed by atoms with Crippen molar-refractivity contribution >= 4 is 5.91 Å². The van der Waals surface area contributed by atoms with Gasteiger partial charge in [0.1, 0.15) is 0 Å². The Labute approximate surface area is 161 Å². The van der Waals surface area contributed by atoms with Crippen LogP contribution in [-0.2, 0) is 11.3 Å². The molecule has 0 N–H and O–H groups in total. The summed E-state index contributed by atoms with van der Waals surface area (Å²) in [6, 6.07) is 16.3. The molecule has 2 aromatic carbocycles. The van der Waals surface area contributed by atoms with Crippen molar-refractivity contribution in [1.29, 1.82) is 0 Å². The summed E-state index contributed by atoms with van der Waals surface area (Å²) in [5.41, 5.74) is 2.33. The largest absolute Gasteiger partial charge is 0.493 e. The second kappa shape index (κ2) is 8.03. The third-order valence-corrected chi connectivity index (χ3v) is 5.69. The van der Waals surface area contributed by atoms with Gasteiger partial charge in [0.25, 0.3) is 0 Å². The van der Waals surface area contributed by atoms with Gasteiger partial charge in [0.2, 0.25) is 5.91 Å². The molecule has 0 bridgehead atoms. The Morgan fingerprint density at radius 3 is 2.56 bits per heavy atom. The second-order valence-electron chi connectivity index (χ2n) is 7.60. The molecule has 142 valence electrons. The first-order valence-corrected chi connectivity index (χ1v) is 9.89. The number of methoxy groups -OCH3 is 1. The molecule has 1 saturated heterocycles. The number of nitrogens with zero attached hydrogens (tertiary/aromatic N) is 1. The van der Waals surface area contributed by atoms with E-state index in [0.717, 1.165) is 36.4 Å². The van der Waals surface area contributed by atoms with Gasteiger partial charge in [-0.15, -0.1) is 0 Å². The summed E-state index contributed by atoms with van der Waals surface area (Å²) < 4.78 is 11.7. The molecule has 1 aliphatic heterocycles. The molecule has 1 atom stereocenters. The van der Waals surface area contributed by atoms with Crippen LogP contribution in [0.15, 0.2) is 48.5 Å². The van der Waals surface area contributed by atoms with Crippen molar-refractivity contribution in [3.05, 3.63) is 59.7 Å². The lowest BCUT2D eigenvalue weighted by Crippen LogP contribution is -2.24. The van der Waals surface area contributed by atoms with E-state index in [1.165, 1.54) is 18.4 Å². The lowest BCUT2D eigenvalue weighted by Gasteiger charge is -2.19. The van der Waals surface area contributed by atoms with Gasteiger partial charge in [0.05, 0.1) is 13.2 Å². The van der Waals surface area contributed by atoms with Crippen molar-refractivity contribution in [3.63, 3.8) is 0 Å². The molecule has 27 heavy (non-hydrogen) atoms. The van der Waals surface area contributed by atoms with Gasteiger partial charge in [-0.3, -0.25) is 4.79 Å². The normalized spacial score (nSPS) is 20.3. The van der Waals surface area contributed by atoms with E-state index in [0.29, 0.717) is 13.0 Å². The quantitative estimate of drug-likeness (QED) is 0.755. The minimum atomic E-state index is 0.207. The average molecular weight is 365 g/mol. The molecular weight excluding hydrogens is 338 g/mol. The smallest absolute Gasteiger partial charge is 0.223 e. The molecule has 0 unspecified atom stereocenters. The second-order valence-corrected chi connectivity index (χ2v) is 7.60. The number of amides is 1. The Kier molecular flexibility index (Phi) is 5.33. The van der Waals surface area contributed by atoms with Crippen LogP contribution in [0, 0.1) is 0 Å². The first kappa shape index (κ1) is 17.9. The fraction of sp³-hybridized carbons (Fsp3) is 0.435. The molecule has 4 rings (SSSR count). The average Bonchev–Trinajstić information content (AvgIpc) is 3.33. The molecule has 4 heteroatoms. The molecule has 1 aliphatic carbocycles. The number of ether oxygens (including phenoxy) is 2. The summed E-state index contributed by atoms with van der Waals surface area (Å²) in [5.74, 6) is 2.02. The zero-order chi connectivity index (χ0) is 18.6. The van der Waals surface area contributed by atoms with Crippen LogP contribution < -0.4 is 9.47 Å². The van der Waals surface area contributed by atoms with E-state index in [2.05, 4.69) is 24.3 Å². The Morgan fingerprint density at radius 2 is 1.81 bits per heavy atom. The van der Waals surface area contributed by atoms with Gasteiger partial charge in [0.15, 0.2) is 11.5 Å². The predicted molar refractivity (Wildman–Crippen MR) is 105 cm³/mol. The molecule has 0 aromatic heterocycles. The maximum absolute atomic E-state index is 12.5. The van der Waals surface area contributed by atoms with Crippen molar-refractivity contribution < 1.29 is 14.3 Å². The van der Waals surface area contributed by atoms with Crippen LogP contribution >= 0.6 is 0 Å². The summed E-state index contributed by atoms with van der Waals surface area (Å²) >= 11 is 0. The van der Waals surface area contributed by atoms with Crippen LogP contribution in [0.4, 0.5) is 0 Å². The lowest BCUT2D eigenvalue weighted by molar-refractivity contribution is -0.128. The lowest BCUT2D eigenvalue weighted by atomic mass is 9.98. The van der Waals surface area contributed by atoms with E-state index < -0.39 is 0 Å². The Bertz CT molecular complexity index is 783. The van der Waals surface area contributed by atoms with Gasteiger partial charge in [-0.2, -0.15) is 0 Å². The summed E-state index contributed by atoms with van der Waals surface area (Å²) in [4.78, 5) is 14.5. The number of hydrogen-bond donors (Lipinski definition) is 0. The summed E-state index contributed by atoms with van der Waals surface area (Å²) in [5, 5.41) is 0. The SMILES string of the molecule is COc1ccc([C@H]2CC(=O)N(Cc3ccccc3)C2)cc1OC1CCCC1. The molecule has 2 aromatic rings. The van der Waals surface area contributed by atoms with Crippen LogP contribution in [0.5, 0.6) is 11.5 Å². The summed E-state index contributed by atoms with van der Waals surface area (Å²) in [6.07, 6.45) is 5.53. The number of likely N-dealkylation sites (tertiary alicyclic amines) is 1. The highest BCUT2D eigenvalue weighted by molar-refractivity contribution is 5.79. The number of benzene rings is 2. The number of carbonyl (C=O) groups excluding carboxylic acids is 1. The monoisotopic (exact) mass is 365 g/mol. The Hall–Kier alpha value is -2.49. The van der Waals surface area contributed by atoms with E-state index in [9.17, 15) is 4.79 Å². The number of rotatable bonds is 6. The van der Waals surface area contributed by atoms with Crippen LogP contribution in [0.2, 0.25) is 0 Å². The van der Waals surface area contributed by atoms with E-state index in [1.54, 1.807) is 7.11 Å². The zero-order valence-electron chi connectivity index (χ0n) is 15.9. The van der Waals surface area contributed by atoms with Gasteiger partial charge in [-0.05, 0) is 48.9 Å². The number of hydrogen-bond acceptors (Lipinski definition) is 3. The minimum absolute atomic E-state index is 0.207. The number of carbonyl (C=O) groups is 1. The van der Waals surface area contributed by atoms with Crippen LogP contribution in [0.3, 0.4) is 0 Å². The summed E-state index contributed by atoms with van der Waals surface area (Å²) in [7, 11) is 1.68. The standard InChI is InChI=1S/C23H27NO3/c1-26-21-12-11-18(13-22(21)27-20-9-5-6-10-20)19-14-23(25)24(16-19)15-17-7-3-2-4-8-17/h2-4,7-8,11-13,19-20H,5-6,9-10,14-16H2,1H3/t19-/m0/s1. The van der Waals surface area contributed by atoms with Crippen LogP contribution in [-0.4, -0.2) is 30.6 Å². The highest BCUT2D eigenvalue weighted by atomic mass is 16.5. The molecule has 1 amide bonds. The van der Waals surface area contributed by atoms with Crippen LogP contribution in [0.1, 0.15) is 49.1 Å². The molecule has 1 saturated carbocycles. The first-order chi connectivity index (χ1) is 13.2. The molecule has 1 heterocycles. The predicted octanol–water partition coefficient (Wildman–Crippen LogP) is 4.53. The van der Waals surface area contributed by atoms with Gasteiger partial charge in [-0.25, -0.2) is 0 Å². The fourth-order valence-corrected chi connectivity index (χ4v) is 4.18. The van der Waals surface area contributed by atoms with Crippen molar-refractivity contribution in [1.82, 2.24) is 4.90 Å². The fourth-order valence-electron chi connectivity index (χ4n) is 4.18. The highest BCUT2D eigenvalue weighted by Crippen LogP contribution is 2.37. The Morgan fingerprint density at radius 1 is 1.04 bits per heavy atom. The molecule has 2 fully saturated rings. The first-order valence-electron chi connectivity index (χ1n) is 9.89. The van der Waals surface area contributed by atoms with Gasteiger partial charge in [-0.1, -0.05) is 36.4 Å². The molecule has 0 radical (unpaired) electrons. The Balaban J connectivity index is 1.48. The van der Waals surface area contributed by atoms with Crippen molar-refractivity contribution in [3.8, 4) is 11.5 Å². The maximum Gasteiger partial charge on any atom is 0.223 e.